The van der Waals surface area contributed by atoms with Crippen molar-refractivity contribution in [3.63, 3.8) is 0 Å². The van der Waals surface area contributed by atoms with E-state index in [-0.39, 0.29) is 11.5 Å². The number of carbonyl (C=O) groups excluding carboxylic acids is 1. The van der Waals surface area contributed by atoms with Gasteiger partial charge in [0.2, 0.25) is 5.91 Å². The molecule has 0 saturated heterocycles. The number of nitrogens with one attached hydrogen (secondary N) is 1. The van der Waals surface area contributed by atoms with Crippen LogP contribution >= 0.6 is 0 Å². The van der Waals surface area contributed by atoms with E-state index in [1.165, 1.54) is 6.92 Å². The van der Waals surface area contributed by atoms with Gasteiger partial charge in [0.25, 0.3) is 0 Å². The summed E-state index contributed by atoms with van der Waals surface area (Å²) < 4.78 is 34.0. The molecule has 0 aliphatic rings. The molecule has 1 N–H and O–H groups in total. The lowest BCUT2D eigenvalue weighted by Crippen LogP contribution is -2.32. The van der Waals surface area contributed by atoms with E-state index in [4.69, 9.17) is 5.26 Å². The van der Waals surface area contributed by atoms with Gasteiger partial charge in [-0.2, -0.15) is 5.26 Å². The van der Waals surface area contributed by atoms with Crippen molar-refractivity contribution in [2.24, 2.45) is 0 Å². The van der Waals surface area contributed by atoms with Gasteiger partial charge in [0.05, 0.1) is 17.0 Å². The van der Waals surface area contributed by atoms with Gasteiger partial charge >= 0.3 is 0 Å². The van der Waals surface area contributed by atoms with E-state index < -0.39 is 31.8 Å². The number of benzene rings is 1. The minimum absolute atomic E-state index is 0.0900. The highest BCUT2D eigenvalue weighted by Gasteiger charge is 2.21. The van der Waals surface area contributed by atoms with Crippen LogP contribution in [0, 0.1) is 11.3 Å². The summed E-state index contributed by atoms with van der Waals surface area (Å²) >= 11 is 0. The van der Waals surface area contributed by atoms with Gasteiger partial charge in [0.15, 0.2) is 0 Å². The standard InChI is InChI=1S/C13H16N2O4S2/c1-10(20(17)7-8-21(2,18)19)13(16)15-12-6-4-3-5-11(12)9-14/h3-6,10H,7-8H2,1-2H3,(H,15,16). The summed E-state index contributed by atoms with van der Waals surface area (Å²) in [6.45, 7) is 1.46. The number of sulfone groups is 1. The van der Waals surface area contributed by atoms with E-state index in [9.17, 15) is 17.4 Å². The number of amides is 1. The van der Waals surface area contributed by atoms with Gasteiger partial charge in [-0.05, 0) is 19.1 Å². The molecule has 1 aromatic carbocycles. The van der Waals surface area contributed by atoms with Crippen LogP contribution in [0.4, 0.5) is 5.69 Å². The highest BCUT2D eigenvalue weighted by molar-refractivity contribution is 7.92. The molecule has 114 valence electrons. The summed E-state index contributed by atoms with van der Waals surface area (Å²) in [6.07, 6.45) is 1.05. The maximum absolute atomic E-state index is 12.0. The number of nitriles is 1. The predicted octanol–water partition coefficient (Wildman–Crippen LogP) is 0.679. The second kappa shape index (κ2) is 7.33. The minimum Gasteiger partial charge on any atom is -0.324 e. The summed E-state index contributed by atoms with van der Waals surface area (Å²) in [6, 6.07) is 8.41. The van der Waals surface area contributed by atoms with Crippen molar-refractivity contribution >= 4 is 32.2 Å². The summed E-state index contributed by atoms with van der Waals surface area (Å²) in [5.74, 6) is -0.830. The molecule has 1 amide bonds. The van der Waals surface area contributed by atoms with Gasteiger partial charge in [0, 0.05) is 22.8 Å². The zero-order chi connectivity index (χ0) is 16.0. The second-order valence-electron chi connectivity index (χ2n) is 4.50. The molecule has 0 aliphatic heterocycles. The summed E-state index contributed by atoms with van der Waals surface area (Å²) in [4.78, 5) is 12.0. The molecule has 2 atom stereocenters. The minimum atomic E-state index is -3.22. The molecule has 0 radical (unpaired) electrons. The van der Waals surface area contributed by atoms with Crippen LogP contribution in [0.2, 0.25) is 0 Å². The average molecular weight is 328 g/mol. The van der Waals surface area contributed by atoms with E-state index in [1.54, 1.807) is 24.3 Å². The molecule has 0 bridgehead atoms. The van der Waals surface area contributed by atoms with Crippen LogP contribution in [0.3, 0.4) is 0 Å². The first-order valence-corrected chi connectivity index (χ1v) is 9.54. The Morgan fingerprint density at radius 1 is 1.43 bits per heavy atom. The molecule has 8 heteroatoms. The first-order valence-electron chi connectivity index (χ1n) is 6.09. The van der Waals surface area contributed by atoms with Gasteiger partial charge in [0.1, 0.15) is 21.2 Å². The molecule has 0 saturated carbocycles. The number of nitrogens with zero attached hydrogens (tertiary/aromatic N) is 1. The monoisotopic (exact) mass is 328 g/mol. The Labute approximate surface area is 126 Å². The Bertz CT molecular complexity index is 692. The third-order valence-corrected chi connectivity index (χ3v) is 5.54. The van der Waals surface area contributed by atoms with Crippen molar-refractivity contribution in [3.05, 3.63) is 29.8 Å². The van der Waals surface area contributed by atoms with Gasteiger partial charge in [-0.25, -0.2) is 8.42 Å². The molecule has 0 spiro atoms. The van der Waals surface area contributed by atoms with Crippen LogP contribution in [0.1, 0.15) is 12.5 Å². The summed E-state index contributed by atoms with van der Waals surface area (Å²) in [7, 11) is -4.81. The van der Waals surface area contributed by atoms with E-state index >= 15 is 0 Å². The second-order valence-corrected chi connectivity index (χ2v) is 8.64. The molecule has 1 rings (SSSR count). The summed E-state index contributed by atoms with van der Waals surface area (Å²) in [5, 5.41) is 10.6. The topological polar surface area (TPSA) is 104 Å². The first-order chi connectivity index (χ1) is 9.74. The Balaban J connectivity index is 2.71. The van der Waals surface area contributed by atoms with Crippen molar-refractivity contribution in [2.75, 3.05) is 23.1 Å². The van der Waals surface area contributed by atoms with Gasteiger partial charge < -0.3 is 5.32 Å². The quantitative estimate of drug-likeness (QED) is 0.827. The van der Waals surface area contributed by atoms with Crippen LogP contribution in [0.5, 0.6) is 0 Å². The molecular formula is C13H16N2O4S2. The lowest BCUT2D eigenvalue weighted by Gasteiger charge is -2.12. The number of para-hydroxylation sites is 1. The van der Waals surface area contributed by atoms with Crippen LogP contribution in [0.15, 0.2) is 24.3 Å². The van der Waals surface area contributed by atoms with Crippen molar-refractivity contribution in [1.29, 1.82) is 5.26 Å². The van der Waals surface area contributed by atoms with Gasteiger partial charge in [-0.1, -0.05) is 12.1 Å². The maximum Gasteiger partial charge on any atom is 0.239 e. The highest BCUT2D eigenvalue weighted by Crippen LogP contribution is 2.14. The van der Waals surface area contributed by atoms with E-state index in [1.807, 2.05) is 6.07 Å². The first kappa shape index (κ1) is 17.3. The highest BCUT2D eigenvalue weighted by atomic mass is 32.2. The summed E-state index contributed by atoms with van der Waals surface area (Å²) in [5.41, 5.74) is 0.650. The Morgan fingerprint density at radius 2 is 2.05 bits per heavy atom. The fourth-order valence-electron chi connectivity index (χ4n) is 1.45. The predicted molar refractivity (Wildman–Crippen MR) is 82.0 cm³/mol. The zero-order valence-corrected chi connectivity index (χ0v) is 13.3. The molecule has 0 heterocycles. The number of anilines is 1. The number of hydrogen-bond donors (Lipinski definition) is 1. The SMILES string of the molecule is CC(C(=O)Nc1ccccc1C#N)S(=O)CCS(C)(=O)=O. The van der Waals surface area contributed by atoms with Crippen LogP contribution < -0.4 is 5.32 Å². The van der Waals surface area contributed by atoms with Crippen molar-refractivity contribution in [3.8, 4) is 6.07 Å². The molecule has 1 aromatic rings. The molecule has 0 aliphatic carbocycles. The molecule has 6 nitrogen and oxygen atoms in total. The normalized spacial score (nSPS) is 14.0. The molecule has 0 aromatic heterocycles. The maximum atomic E-state index is 12.0. The number of hydrogen-bond acceptors (Lipinski definition) is 5. The lowest BCUT2D eigenvalue weighted by molar-refractivity contribution is -0.115. The molecule has 21 heavy (non-hydrogen) atoms. The molecular weight excluding hydrogens is 312 g/mol. The molecule has 2 unspecified atom stereocenters. The number of rotatable bonds is 6. The number of carbonyl (C=O) groups is 1. The Morgan fingerprint density at radius 3 is 2.62 bits per heavy atom. The fourth-order valence-corrected chi connectivity index (χ4v) is 3.97. The fraction of sp³-hybridized carbons (Fsp3) is 0.385. The van der Waals surface area contributed by atoms with Crippen LogP contribution in [-0.4, -0.2) is 41.5 Å². The third-order valence-electron chi connectivity index (χ3n) is 2.72. The Hall–Kier alpha value is -1.72. The zero-order valence-electron chi connectivity index (χ0n) is 11.7. The Kier molecular flexibility index (Phi) is 6.05. The largest absolute Gasteiger partial charge is 0.324 e. The third kappa shape index (κ3) is 5.65. The van der Waals surface area contributed by atoms with Crippen molar-refractivity contribution in [2.45, 2.75) is 12.2 Å². The van der Waals surface area contributed by atoms with E-state index in [0.29, 0.717) is 11.3 Å². The van der Waals surface area contributed by atoms with Gasteiger partial charge in [-0.15, -0.1) is 0 Å². The molecule has 0 fully saturated rings. The van der Waals surface area contributed by atoms with Crippen LogP contribution in [-0.2, 0) is 25.4 Å². The van der Waals surface area contributed by atoms with E-state index in [2.05, 4.69) is 5.32 Å². The van der Waals surface area contributed by atoms with Gasteiger partial charge in [-0.3, -0.25) is 9.00 Å². The van der Waals surface area contributed by atoms with Crippen LogP contribution in [0.25, 0.3) is 0 Å². The van der Waals surface area contributed by atoms with Crippen molar-refractivity contribution in [1.82, 2.24) is 0 Å². The van der Waals surface area contributed by atoms with Crippen molar-refractivity contribution < 1.29 is 17.4 Å². The van der Waals surface area contributed by atoms with E-state index in [0.717, 1.165) is 6.26 Å². The lowest BCUT2D eigenvalue weighted by atomic mass is 10.2. The average Bonchev–Trinajstić information content (AvgIpc) is 2.43. The smallest absolute Gasteiger partial charge is 0.239 e.